The molecule has 20 heavy (non-hydrogen) atoms. The van der Waals surface area contributed by atoms with E-state index in [0.717, 1.165) is 30.6 Å². The number of hydrogen-bond donors (Lipinski definition) is 2. The van der Waals surface area contributed by atoms with Crippen molar-refractivity contribution in [2.45, 2.75) is 46.1 Å². The lowest BCUT2D eigenvalue weighted by atomic mass is 9.83. The minimum absolute atomic E-state index is 0.0256. The van der Waals surface area contributed by atoms with E-state index in [1.807, 2.05) is 12.1 Å². The molecule has 1 aromatic rings. The summed E-state index contributed by atoms with van der Waals surface area (Å²) in [6.07, 6.45) is 5.51. The van der Waals surface area contributed by atoms with Gasteiger partial charge in [-0.05, 0) is 48.9 Å². The highest BCUT2D eigenvalue weighted by Crippen LogP contribution is 2.27. The normalized spacial score (nSPS) is 22.5. The fraction of sp³-hybridized carbons (Fsp3) is 0.588. The minimum atomic E-state index is -0.0256. The summed E-state index contributed by atoms with van der Waals surface area (Å²) in [6.45, 7) is 5.92. The monoisotopic (exact) mass is 274 g/mol. The maximum atomic E-state index is 10.9. The van der Waals surface area contributed by atoms with E-state index in [2.05, 4.69) is 29.7 Å². The Morgan fingerprint density at radius 3 is 2.40 bits per heavy atom. The van der Waals surface area contributed by atoms with Gasteiger partial charge >= 0.3 is 0 Å². The fourth-order valence-corrected chi connectivity index (χ4v) is 2.86. The van der Waals surface area contributed by atoms with E-state index in [-0.39, 0.29) is 5.91 Å². The summed E-state index contributed by atoms with van der Waals surface area (Å²) >= 11 is 0. The van der Waals surface area contributed by atoms with Gasteiger partial charge in [0.25, 0.3) is 0 Å². The van der Waals surface area contributed by atoms with Crippen molar-refractivity contribution < 1.29 is 4.79 Å². The van der Waals surface area contributed by atoms with Crippen molar-refractivity contribution in [3.05, 3.63) is 29.8 Å². The summed E-state index contributed by atoms with van der Waals surface area (Å²) in [6, 6.07) is 8.06. The maximum Gasteiger partial charge on any atom is 0.221 e. The molecule has 0 saturated heterocycles. The quantitative estimate of drug-likeness (QED) is 0.862. The van der Waals surface area contributed by atoms with Crippen LogP contribution in [0.1, 0.15) is 45.1 Å². The highest BCUT2D eigenvalue weighted by Gasteiger charge is 2.17. The smallest absolute Gasteiger partial charge is 0.221 e. The molecule has 0 radical (unpaired) electrons. The van der Waals surface area contributed by atoms with E-state index in [1.165, 1.54) is 38.2 Å². The van der Waals surface area contributed by atoms with Crippen LogP contribution in [-0.4, -0.2) is 12.5 Å². The molecule has 0 aliphatic heterocycles. The summed E-state index contributed by atoms with van der Waals surface area (Å²) in [7, 11) is 0. The summed E-state index contributed by atoms with van der Waals surface area (Å²) in [4.78, 5) is 10.9. The maximum absolute atomic E-state index is 10.9. The Bertz CT molecular complexity index is 419. The average Bonchev–Trinajstić information content (AvgIpc) is 2.42. The number of benzene rings is 1. The molecular weight excluding hydrogens is 248 g/mol. The largest absolute Gasteiger partial charge is 0.326 e. The lowest BCUT2D eigenvalue weighted by Crippen LogP contribution is -2.25. The van der Waals surface area contributed by atoms with E-state index in [9.17, 15) is 4.79 Å². The number of hydrogen-bond acceptors (Lipinski definition) is 2. The van der Waals surface area contributed by atoms with E-state index >= 15 is 0 Å². The molecule has 1 saturated carbocycles. The number of amides is 1. The van der Waals surface area contributed by atoms with Crippen LogP contribution in [0.3, 0.4) is 0 Å². The molecule has 3 heteroatoms. The van der Waals surface area contributed by atoms with Gasteiger partial charge in [0.1, 0.15) is 0 Å². The second-order valence-electron chi connectivity index (χ2n) is 6.13. The van der Waals surface area contributed by atoms with Crippen molar-refractivity contribution >= 4 is 11.6 Å². The first-order chi connectivity index (χ1) is 9.63. The Kier molecular flexibility index (Phi) is 5.60. The number of carbonyl (C=O) groups is 1. The van der Waals surface area contributed by atoms with Crippen LogP contribution in [0, 0.1) is 11.8 Å². The highest BCUT2D eigenvalue weighted by atomic mass is 16.1. The Morgan fingerprint density at radius 2 is 1.80 bits per heavy atom. The van der Waals surface area contributed by atoms with Crippen molar-refractivity contribution in [2.24, 2.45) is 11.8 Å². The van der Waals surface area contributed by atoms with Gasteiger partial charge in [-0.1, -0.05) is 31.9 Å². The second-order valence-corrected chi connectivity index (χ2v) is 6.13. The van der Waals surface area contributed by atoms with E-state index in [4.69, 9.17) is 0 Å². The predicted molar refractivity (Wildman–Crippen MR) is 83.6 cm³/mol. The van der Waals surface area contributed by atoms with Gasteiger partial charge in [0, 0.05) is 19.2 Å². The fourth-order valence-electron chi connectivity index (χ4n) is 2.86. The van der Waals surface area contributed by atoms with Gasteiger partial charge in [-0.25, -0.2) is 0 Å². The molecule has 0 heterocycles. The van der Waals surface area contributed by atoms with Crippen LogP contribution < -0.4 is 10.6 Å². The Labute approximate surface area is 122 Å². The van der Waals surface area contributed by atoms with Crippen molar-refractivity contribution in [1.82, 2.24) is 5.32 Å². The first kappa shape index (κ1) is 15.0. The molecule has 1 aliphatic rings. The first-order valence-electron chi connectivity index (χ1n) is 7.70. The van der Waals surface area contributed by atoms with Gasteiger partial charge in [-0.15, -0.1) is 0 Å². The third-order valence-corrected chi connectivity index (χ3v) is 4.17. The van der Waals surface area contributed by atoms with Crippen molar-refractivity contribution in [2.75, 3.05) is 11.9 Å². The number of rotatable bonds is 5. The SMILES string of the molecule is CC(=O)Nc1ccc(CNCC2CCC(C)CC2)cc1. The van der Waals surface area contributed by atoms with Gasteiger partial charge in [0.2, 0.25) is 5.91 Å². The predicted octanol–water partition coefficient (Wildman–Crippen LogP) is 3.56. The molecule has 0 spiro atoms. The molecular formula is C17H26N2O. The standard InChI is InChI=1S/C17H26N2O/c1-13-3-5-15(6-4-13)11-18-12-16-7-9-17(10-8-16)19-14(2)20/h7-10,13,15,18H,3-6,11-12H2,1-2H3,(H,19,20). The Hall–Kier alpha value is -1.35. The lowest BCUT2D eigenvalue weighted by Gasteiger charge is -2.26. The molecule has 1 aliphatic carbocycles. The first-order valence-corrected chi connectivity index (χ1v) is 7.70. The van der Waals surface area contributed by atoms with Gasteiger partial charge in [-0.2, -0.15) is 0 Å². The molecule has 0 aromatic heterocycles. The molecule has 110 valence electrons. The summed E-state index contributed by atoms with van der Waals surface area (Å²) in [5.41, 5.74) is 2.13. The van der Waals surface area contributed by atoms with Crippen LogP contribution in [0.5, 0.6) is 0 Å². The van der Waals surface area contributed by atoms with Crippen LogP contribution in [0.25, 0.3) is 0 Å². The van der Waals surface area contributed by atoms with Crippen molar-refractivity contribution in [3.63, 3.8) is 0 Å². The molecule has 1 fully saturated rings. The molecule has 2 N–H and O–H groups in total. The van der Waals surface area contributed by atoms with Gasteiger partial charge < -0.3 is 10.6 Å². The zero-order valence-corrected chi connectivity index (χ0v) is 12.6. The third-order valence-electron chi connectivity index (χ3n) is 4.17. The van der Waals surface area contributed by atoms with E-state index < -0.39 is 0 Å². The van der Waals surface area contributed by atoms with Crippen LogP contribution in [0.4, 0.5) is 5.69 Å². The second kappa shape index (κ2) is 7.44. The summed E-state index contributed by atoms with van der Waals surface area (Å²) in [5, 5.41) is 6.34. The van der Waals surface area contributed by atoms with Crippen molar-refractivity contribution in [3.8, 4) is 0 Å². The number of anilines is 1. The molecule has 2 rings (SSSR count). The zero-order chi connectivity index (χ0) is 14.4. The van der Waals surface area contributed by atoms with E-state index in [0.29, 0.717) is 0 Å². The molecule has 0 bridgehead atoms. The van der Waals surface area contributed by atoms with Crippen molar-refractivity contribution in [1.29, 1.82) is 0 Å². The van der Waals surface area contributed by atoms with Crippen LogP contribution in [0.15, 0.2) is 24.3 Å². The summed E-state index contributed by atoms with van der Waals surface area (Å²) < 4.78 is 0. The van der Waals surface area contributed by atoms with Crippen LogP contribution in [-0.2, 0) is 11.3 Å². The molecule has 1 amide bonds. The highest BCUT2D eigenvalue weighted by molar-refractivity contribution is 5.88. The number of nitrogens with one attached hydrogen (secondary N) is 2. The average molecular weight is 274 g/mol. The van der Waals surface area contributed by atoms with E-state index in [1.54, 1.807) is 0 Å². The molecule has 3 nitrogen and oxygen atoms in total. The number of carbonyl (C=O) groups excluding carboxylic acids is 1. The minimum Gasteiger partial charge on any atom is -0.326 e. The Morgan fingerprint density at radius 1 is 1.15 bits per heavy atom. The van der Waals surface area contributed by atoms with Gasteiger partial charge in [-0.3, -0.25) is 4.79 Å². The lowest BCUT2D eigenvalue weighted by molar-refractivity contribution is -0.114. The topological polar surface area (TPSA) is 41.1 Å². The third kappa shape index (κ3) is 4.97. The van der Waals surface area contributed by atoms with Crippen LogP contribution in [0.2, 0.25) is 0 Å². The molecule has 0 unspecified atom stereocenters. The molecule has 1 aromatic carbocycles. The van der Waals surface area contributed by atoms with Gasteiger partial charge in [0.15, 0.2) is 0 Å². The Balaban J connectivity index is 1.70. The van der Waals surface area contributed by atoms with Gasteiger partial charge in [0.05, 0.1) is 0 Å². The summed E-state index contributed by atoms with van der Waals surface area (Å²) in [5.74, 6) is 1.75. The zero-order valence-electron chi connectivity index (χ0n) is 12.6. The molecule has 0 atom stereocenters. The van der Waals surface area contributed by atoms with Crippen LogP contribution >= 0.6 is 0 Å².